The number of nitrogens with one attached hydrogen (secondary N) is 1. The van der Waals surface area contributed by atoms with Gasteiger partial charge in [0.25, 0.3) is 0 Å². The van der Waals surface area contributed by atoms with Crippen LogP contribution in [0.3, 0.4) is 0 Å². The highest BCUT2D eigenvalue weighted by Crippen LogP contribution is 2.34. The van der Waals surface area contributed by atoms with E-state index in [1.54, 1.807) is 4.90 Å². The Morgan fingerprint density at radius 3 is 2.81 bits per heavy atom. The summed E-state index contributed by atoms with van der Waals surface area (Å²) in [6, 6.07) is 6.12. The number of hydrogen-bond acceptors (Lipinski definition) is 3. The average molecular weight is 438 g/mol. The molecule has 3 aliphatic rings. The Morgan fingerprint density at radius 2 is 2.06 bits per heavy atom. The molecule has 172 valence electrons. The van der Waals surface area contributed by atoms with Crippen LogP contribution in [0.25, 0.3) is 5.57 Å². The molecule has 0 bridgehead atoms. The molecule has 0 aromatic heterocycles. The molecule has 0 radical (unpaired) electrons. The number of carbonyl (C=O) groups is 1. The number of piperidine rings is 1. The number of benzene rings is 1. The molecule has 1 aromatic rings. The lowest BCUT2D eigenvalue weighted by molar-refractivity contribution is -0.135. The lowest BCUT2D eigenvalue weighted by atomic mass is 9.79. The van der Waals surface area contributed by atoms with E-state index in [1.165, 1.54) is 19.3 Å². The molecule has 0 spiro atoms. The van der Waals surface area contributed by atoms with E-state index in [9.17, 15) is 9.18 Å². The van der Waals surface area contributed by atoms with E-state index in [0.29, 0.717) is 50.4 Å². The summed E-state index contributed by atoms with van der Waals surface area (Å²) in [4.78, 5) is 19.4. The van der Waals surface area contributed by atoms with Crippen LogP contribution in [-0.4, -0.2) is 47.5 Å². The van der Waals surface area contributed by atoms with Gasteiger partial charge in [-0.3, -0.25) is 9.79 Å². The molecule has 1 saturated heterocycles. The molecule has 1 aliphatic carbocycles. The molecule has 1 saturated carbocycles. The molecule has 1 unspecified atom stereocenters. The fourth-order valence-electron chi connectivity index (χ4n) is 5.52. The molecule has 1 N–H and O–H groups in total. The Hall–Kier alpha value is -2.30. The van der Waals surface area contributed by atoms with Crippen molar-refractivity contribution in [1.82, 2.24) is 4.90 Å². The van der Waals surface area contributed by atoms with Crippen molar-refractivity contribution in [2.75, 3.05) is 19.6 Å². The van der Waals surface area contributed by atoms with Gasteiger partial charge in [0, 0.05) is 41.4 Å². The first-order valence-electron chi connectivity index (χ1n) is 12.3. The van der Waals surface area contributed by atoms with Crippen molar-refractivity contribution in [2.45, 2.75) is 76.8 Å². The van der Waals surface area contributed by atoms with Crippen molar-refractivity contribution in [2.24, 2.45) is 10.9 Å². The van der Waals surface area contributed by atoms with Crippen molar-refractivity contribution in [3.8, 4) is 0 Å². The number of amides is 1. The number of alkyl halides is 1. The van der Waals surface area contributed by atoms with E-state index in [4.69, 9.17) is 10.4 Å². The van der Waals surface area contributed by atoms with Crippen LogP contribution in [0, 0.1) is 11.3 Å². The zero-order chi connectivity index (χ0) is 22.7. The molecular weight excluding hydrogens is 401 g/mol. The molecule has 32 heavy (non-hydrogen) atoms. The number of likely N-dealkylation sites (tertiary alicyclic amines) is 1. The Morgan fingerprint density at radius 1 is 1.28 bits per heavy atom. The lowest BCUT2D eigenvalue weighted by Crippen LogP contribution is -2.47. The smallest absolute Gasteiger partial charge is 0.223 e. The summed E-state index contributed by atoms with van der Waals surface area (Å²) < 4.78 is 14.8. The van der Waals surface area contributed by atoms with Crippen molar-refractivity contribution < 1.29 is 9.18 Å². The van der Waals surface area contributed by atoms with E-state index in [0.717, 1.165) is 47.2 Å². The molecule has 1 atom stereocenters. The second-order valence-corrected chi connectivity index (χ2v) is 9.77. The van der Waals surface area contributed by atoms with E-state index >= 15 is 0 Å². The van der Waals surface area contributed by atoms with Crippen LogP contribution in [0.5, 0.6) is 0 Å². The summed E-state index contributed by atoms with van der Waals surface area (Å²) in [7, 11) is 0. The molecule has 1 amide bonds. The second kappa shape index (κ2) is 9.68. The number of carbonyl (C=O) groups excluding carboxylic acids is 1. The molecule has 5 heteroatoms. The van der Waals surface area contributed by atoms with Gasteiger partial charge in [0.05, 0.1) is 13.1 Å². The topological polar surface area (TPSA) is 56.5 Å². The summed E-state index contributed by atoms with van der Waals surface area (Å²) in [5, 5.41) is 8.96. The van der Waals surface area contributed by atoms with E-state index in [-0.39, 0.29) is 12.5 Å². The highest BCUT2D eigenvalue weighted by molar-refractivity contribution is 6.16. The minimum atomic E-state index is -1.25. The molecule has 4 rings (SSSR count). The van der Waals surface area contributed by atoms with Crippen LogP contribution >= 0.6 is 0 Å². The van der Waals surface area contributed by atoms with Crippen LogP contribution < -0.4 is 0 Å². The average Bonchev–Trinajstić information content (AvgIpc) is 2.83. The van der Waals surface area contributed by atoms with Gasteiger partial charge in [-0.25, -0.2) is 4.39 Å². The minimum absolute atomic E-state index is 0.00802. The normalized spacial score (nSPS) is 24.1. The zero-order valence-electron chi connectivity index (χ0n) is 19.4. The first kappa shape index (κ1) is 22.9. The summed E-state index contributed by atoms with van der Waals surface area (Å²) in [5.74, 6) is 0.307. The molecular formula is C27H36FN3O. The quantitative estimate of drug-likeness (QED) is 0.548. The Kier molecular flexibility index (Phi) is 6.92. The predicted molar refractivity (Wildman–Crippen MR) is 129 cm³/mol. The van der Waals surface area contributed by atoms with Crippen molar-refractivity contribution in [3.63, 3.8) is 0 Å². The number of nitrogens with zero attached hydrogens (tertiary/aromatic N) is 2. The summed E-state index contributed by atoms with van der Waals surface area (Å²) in [6.45, 7) is 7.44. The van der Waals surface area contributed by atoms with Gasteiger partial charge in [-0.05, 0) is 49.7 Å². The third-order valence-corrected chi connectivity index (χ3v) is 7.59. The summed E-state index contributed by atoms with van der Waals surface area (Å²) in [5.41, 5.74) is 4.34. The zero-order valence-corrected chi connectivity index (χ0v) is 19.4. The van der Waals surface area contributed by atoms with Gasteiger partial charge in [0.2, 0.25) is 5.91 Å². The van der Waals surface area contributed by atoms with Gasteiger partial charge in [0.1, 0.15) is 5.67 Å². The standard InChI is InChI=1S/C27H36FN3O/c1-3-27(28)15-8-16-31(18-27)24(32)14-13-23-25-21(19(2)17-30-23)11-7-12-22(25)26(29)20-9-5-4-6-10-20/h7,11-12,20,29H,2-6,8-10,13-18H2,1H3. The number of aliphatic imine (C=N–C) groups is 1. The molecule has 2 fully saturated rings. The third kappa shape index (κ3) is 4.72. The molecule has 2 aliphatic heterocycles. The van der Waals surface area contributed by atoms with Crippen molar-refractivity contribution in [3.05, 3.63) is 41.5 Å². The van der Waals surface area contributed by atoms with Crippen LogP contribution in [-0.2, 0) is 4.79 Å². The molecule has 4 nitrogen and oxygen atoms in total. The third-order valence-electron chi connectivity index (χ3n) is 7.59. The van der Waals surface area contributed by atoms with Gasteiger partial charge < -0.3 is 10.3 Å². The van der Waals surface area contributed by atoms with Crippen LogP contribution in [0.15, 0.2) is 29.8 Å². The SMILES string of the molecule is C=C1CN=C(CCC(=O)N2CCCC(F)(CC)C2)c2c1cccc2C(=N)C1CCCCC1. The maximum Gasteiger partial charge on any atom is 0.223 e. The summed E-state index contributed by atoms with van der Waals surface area (Å²) >= 11 is 0. The van der Waals surface area contributed by atoms with Crippen molar-refractivity contribution in [1.29, 1.82) is 5.41 Å². The van der Waals surface area contributed by atoms with E-state index in [2.05, 4.69) is 12.6 Å². The first-order valence-corrected chi connectivity index (χ1v) is 12.3. The minimum Gasteiger partial charge on any atom is -0.339 e. The van der Waals surface area contributed by atoms with E-state index in [1.807, 2.05) is 19.1 Å². The van der Waals surface area contributed by atoms with E-state index < -0.39 is 5.67 Å². The monoisotopic (exact) mass is 437 g/mol. The largest absolute Gasteiger partial charge is 0.339 e. The van der Waals surface area contributed by atoms with Crippen LogP contribution in [0.4, 0.5) is 4.39 Å². The van der Waals surface area contributed by atoms with Gasteiger partial charge >= 0.3 is 0 Å². The van der Waals surface area contributed by atoms with Gasteiger partial charge in [-0.15, -0.1) is 0 Å². The van der Waals surface area contributed by atoms with Crippen LogP contribution in [0.1, 0.15) is 87.8 Å². The maximum absolute atomic E-state index is 14.8. The molecule has 2 heterocycles. The highest BCUT2D eigenvalue weighted by Gasteiger charge is 2.35. The summed E-state index contributed by atoms with van der Waals surface area (Å²) in [6.07, 6.45) is 8.36. The lowest BCUT2D eigenvalue weighted by Gasteiger charge is -2.37. The van der Waals surface area contributed by atoms with Crippen LogP contribution in [0.2, 0.25) is 0 Å². The van der Waals surface area contributed by atoms with Gasteiger partial charge in [-0.2, -0.15) is 0 Å². The highest BCUT2D eigenvalue weighted by atomic mass is 19.1. The second-order valence-electron chi connectivity index (χ2n) is 9.77. The number of halogens is 1. The Balaban J connectivity index is 1.52. The van der Waals surface area contributed by atoms with Crippen molar-refractivity contribution >= 4 is 22.9 Å². The fourth-order valence-corrected chi connectivity index (χ4v) is 5.52. The number of rotatable bonds is 6. The van der Waals surface area contributed by atoms with Gasteiger partial charge in [0.15, 0.2) is 0 Å². The Labute approximate surface area is 191 Å². The maximum atomic E-state index is 14.8. The predicted octanol–water partition coefficient (Wildman–Crippen LogP) is 5.97. The molecule has 1 aromatic carbocycles. The fraction of sp³-hybridized carbons (Fsp3) is 0.593. The number of hydrogen-bond donors (Lipinski definition) is 1. The number of fused-ring (bicyclic) bond motifs is 1. The first-order chi connectivity index (χ1) is 15.4. The Bertz CT molecular complexity index is 931. The van der Waals surface area contributed by atoms with Gasteiger partial charge in [-0.1, -0.05) is 51.0 Å².